The lowest BCUT2D eigenvalue weighted by Crippen LogP contribution is -2.38. The largest absolute Gasteiger partial charge is 0.390 e. The number of methoxy groups -OCH3 is 1. The van der Waals surface area contributed by atoms with Crippen LogP contribution in [0.25, 0.3) is 0 Å². The highest BCUT2D eigenvalue weighted by Gasteiger charge is 2.41. The number of nitrogens with zero attached hydrogens (tertiary/aromatic N) is 2. The van der Waals surface area contributed by atoms with Crippen LogP contribution in [-0.4, -0.2) is 22.2 Å². The van der Waals surface area contributed by atoms with E-state index in [1.807, 2.05) is 0 Å². The van der Waals surface area contributed by atoms with Crippen molar-refractivity contribution in [1.82, 2.24) is 9.97 Å². The third kappa shape index (κ3) is 1.40. The summed E-state index contributed by atoms with van der Waals surface area (Å²) < 4.78 is 5.45. The SMILES string of the molecule is COC1(c2nccc(CO)n2)CCC1. The van der Waals surface area contributed by atoms with Gasteiger partial charge in [0.15, 0.2) is 5.82 Å². The molecule has 0 atom stereocenters. The standard InChI is InChI=1S/C10H14N2O2/c1-14-10(4-2-5-10)9-11-6-3-8(7-13)12-9/h3,6,13H,2,4-5,7H2,1H3. The molecule has 1 N–H and O–H groups in total. The molecule has 0 aliphatic heterocycles. The van der Waals surface area contributed by atoms with Crippen LogP contribution in [0.15, 0.2) is 12.3 Å². The van der Waals surface area contributed by atoms with Gasteiger partial charge in [0.05, 0.1) is 12.3 Å². The van der Waals surface area contributed by atoms with E-state index in [9.17, 15) is 0 Å². The van der Waals surface area contributed by atoms with Crippen molar-refractivity contribution in [3.63, 3.8) is 0 Å². The van der Waals surface area contributed by atoms with Crippen molar-refractivity contribution >= 4 is 0 Å². The first-order valence-corrected chi connectivity index (χ1v) is 4.79. The Balaban J connectivity index is 2.30. The van der Waals surface area contributed by atoms with E-state index in [0.29, 0.717) is 11.5 Å². The van der Waals surface area contributed by atoms with Gasteiger partial charge in [-0.3, -0.25) is 0 Å². The lowest BCUT2D eigenvalue weighted by molar-refractivity contribution is -0.0848. The summed E-state index contributed by atoms with van der Waals surface area (Å²) >= 11 is 0. The van der Waals surface area contributed by atoms with E-state index in [-0.39, 0.29) is 12.2 Å². The summed E-state index contributed by atoms with van der Waals surface area (Å²) in [5.41, 5.74) is 0.365. The van der Waals surface area contributed by atoms with Gasteiger partial charge in [0.1, 0.15) is 5.60 Å². The molecule has 1 heterocycles. The van der Waals surface area contributed by atoms with Crippen LogP contribution in [0.3, 0.4) is 0 Å². The van der Waals surface area contributed by atoms with E-state index in [0.717, 1.165) is 19.3 Å². The van der Waals surface area contributed by atoms with Gasteiger partial charge >= 0.3 is 0 Å². The molecule has 1 aromatic rings. The average Bonchev–Trinajstić information content (AvgIpc) is 2.18. The van der Waals surface area contributed by atoms with Gasteiger partial charge in [-0.05, 0) is 25.3 Å². The van der Waals surface area contributed by atoms with Gasteiger partial charge in [-0.25, -0.2) is 9.97 Å². The predicted molar refractivity (Wildman–Crippen MR) is 50.5 cm³/mol. The number of aliphatic hydroxyl groups excluding tert-OH is 1. The van der Waals surface area contributed by atoms with Gasteiger partial charge in [0.25, 0.3) is 0 Å². The zero-order valence-corrected chi connectivity index (χ0v) is 8.23. The van der Waals surface area contributed by atoms with Crippen molar-refractivity contribution in [2.75, 3.05) is 7.11 Å². The quantitative estimate of drug-likeness (QED) is 0.779. The molecule has 0 bridgehead atoms. The van der Waals surface area contributed by atoms with Crippen LogP contribution in [0.2, 0.25) is 0 Å². The van der Waals surface area contributed by atoms with E-state index in [4.69, 9.17) is 9.84 Å². The molecule has 0 unspecified atom stereocenters. The molecule has 0 saturated heterocycles. The zero-order valence-electron chi connectivity index (χ0n) is 8.23. The second-order valence-electron chi connectivity index (χ2n) is 3.58. The Bertz CT molecular complexity index is 318. The maximum Gasteiger partial charge on any atom is 0.160 e. The third-order valence-electron chi connectivity index (χ3n) is 2.83. The molecule has 0 amide bonds. The Hall–Kier alpha value is -1.00. The van der Waals surface area contributed by atoms with E-state index in [1.54, 1.807) is 19.4 Å². The van der Waals surface area contributed by atoms with Gasteiger partial charge in [-0.1, -0.05) is 0 Å². The van der Waals surface area contributed by atoms with Crippen LogP contribution >= 0.6 is 0 Å². The number of hydrogen-bond acceptors (Lipinski definition) is 4. The van der Waals surface area contributed by atoms with E-state index in [2.05, 4.69) is 9.97 Å². The summed E-state index contributed by atoms with van der Waals surface area (Å²) in [4.78, 5) is 8.48. The molecule has 1 saturated carbocycles. The Morgan fingerprint density at radius 2 is 2.36 bits per heavy atom. The first-order chi connectivity index (χ1) is 6.80. The zero-order chi connectivity index (χ0) is 10.0. The monoisotopic (exact) mass is 194 g/mol. The van der Waals surface area contributed by atoms with Crippen molar-refractivity contribution in [3.8, 4) is 0 Å². The average molecular weight is 194 g/mol. The summed E-state index contributed by atoms with van der Waals surface area (Å²) in [5.74, 6) is 0.706. The number of rotatable bonds is 3. The highest BCUT2D eigenvalue weighted by molar-refractivity contribution is 5.11. The van der Waals surface area contributed by atoms with Crippen molar-refractivity contribution in [1.29, 1.82) is 0 Å². The molecule has 1 aliphatic carbocycles. The minimum absolute atomic E-state index is 0.0463. The summed E-state index contributed by atoms with van der Waals surface area (Å²) in [6.45, 7) is -0.0463. The van der Waals surface area contributed by atoms with Crippen LogP contribution in [0.4, 0.5) is 0 Å². The fourth-order valence-electron chi connectivity index (χ4n) is 1.72. The minimum Gasteiger partial charge on any atom is -0.390 e. The van der Waals surface area contributed by atoms with Gasteiger partial charge in [-0.2, -0.15) is 0 Å². The maximum absolute atomic E-state index is 8.96. The molecule has 0 aromatic carbocycles. The minimum atomic E-state index is -0.287. The maximum atomic E-state index is 8.96. The van der Waals surface area contributed by atoms with Crippen LogP contribution in [0.1, 0.15) is 30.8 Å². The molecular formula is C10H14N2O2. The molecule has 4 nitrogen and oxygen atoms in total. The molecule has 1 aliphatic rings. The molecule has 2 rings (SSSR count). The molecule has 1 fully saturated rings. The molecule has 76 valence electrons. The Morgan fingerprint density at radius 3 is 2.86 bits per heavy atom. The molecular weight excluding hydrogens is 180 g/mol. The second kappa shape index (κ2) is 3.63. The van der Waals surface area contributed by atoms with Crippen molar-refractivity contribution < 1.29 is 9.84 Å². The third-order valence-corrected chi connectivity index (χ3v) is 2.83. The summed E-state index contributed by atoms with van der Waals surface area (Å²) in [6.07, 6.45) is 4.77. The van der Waals surface area contributed by atoms with Gasteiger partial charge in [0.2, 0.25) is 0 Å². The Morgan fingerprint density at radius 1 is 1.57 bits per heavy atom. The van der Waals surface area contributed by atoms with E-state index >= 15 is 0 Å². The van der Waals surface area contributed by atoms with E-state index in [1.165, 1.54) is 0 Å². The first kappa shape index (κ1) is 9.55. The van der Waals surface area contributed by atoms with Crippen molar-refractivity contribution in [2.45, 2.75) is 31.5 Å². The topological polar surface area (TPSA) is 55.2 Å². The summed E-state index contributed by atoms with van der Waals surface area (Å²) in [7, 11) is 1.69. The fourth-order valence-corrected chi connectivity index (χ4v) is 1.72. The number of hydrogen-bond donors (Lipinski definition) is 1. The second-order valence-corrected chi connectivity index (χ2v) is 3.58. The summed E-state index contributed by atoms with van der Waals surface area (Å²) in [5, 5.41) is 8.96. The van der Waals surface area contributed by atoms with Crippen LogP contribution < -0.4 is 0 Å². The smallest absolute Gasteiger partial charge is 0.160 e. The number of aliphatic hydroxyl groups is 1. The Kier molecular flexibility index (Phi) is 2.48. The molecule has 14 heavy (non-hydrogen) atoms. The highest BCUT2D eigenvalue weighted by atomic mass is 16.5. The van der Waals surface area contributed by atoms with E-state index < -0.39 is 0 Å². The van der Waals surface area contributed by atoms with Crippen molar-refractivity contribution in [2.24, 2.45) is 0 Å². The highest BCUT2D eigenvalue weighted by Crippen LogP contribution is 2.42. The number of ether oxygens (including phenoxy) is 1. The van der Waals surface area contributed by atoms with Gasteiger partial charge in [0, 0.05) is 13.3 Å². The van der Waals surface area contributed by atoms with Crippen LogP contribution in [0, 0.1) is 0 Å². The molecule has 4 heteroatoms. The Labute approximate surface area is 83.0 Å². The first-order valence-electron chi connectivity index (χ1n) is 4.79. The lowest BCUT2D eigenvalue weighted by Gasteiger charge is -2.38. The van der Waals surface area contributed by atoms with Crippen molar-refractivity contribution in [3.05, 3.63) is 23.8 Å². The fraction of sp³-hybridized carbons (Fsp3) is 0.600. The van der Waals surface area contributed by atoms with Gasteiger partial charge < -0.3 is 9.84 Å². The van der Waals surface area contributed by atoms with Crippen LogP contribution in [0.5, 0.6) is 0 Å². The normalized spacial score (nSPS) is 19.0. The molecule has 1 aromatic heterocycles. The lowest BCUT2D eigenvalue weighted by atomic mass is 9.79. The molecule has 0 spiro atoms. The molecule has 0 radical (unpaired) electrons. The van der Waals surface area contributed by atoms with Crippen LogP contribution in [-0.2, 0) is 16.9 Å². The van der Waals surface area contributed by atoms with Gasteiger partial charge in [-0.15, -0.1) is 0 Å². The predicted octanol–water partition coefficient (Wildman–Crippen LogP) is 0.994. The number of aromatic nitrogens is 2. The summed E-state index contributed by atoms with van der Waals surface area (Å²) in [6, 6.07) is 1.71.